The van der Waals surface area contributed by atoms with E-state index in [0.717, 1.165) is 12.8 Å². The lowest BCUT2D eigenvalue weighted by Crippen LogP contribution is -2.67. The molecule has 0 aromatic heterocycles. The molecule has 0 amide bonds. The molecule has 4 bridgehead atoms. The van der Waals surface area contributed by atoms with Gasteiger partial charge in [0.2, 0.25) is 0 Å². The van der Waals surface area contributed by atoms with Gasteiger partial charge >= 0.3 is 0 Å². The van der Waals surface area contributed by atoms with Gasteiger partial charge in [0.15, 0.2) is 19.9 Å². The predicted octanol–water partition coefficient (Wildman–Crippen LogP) is 1.88. The molecule has 128 valence electrons. The zero-order valence-corrected chi connectivity index (χ0v) is 15.0. The summed E-state index contributed by atoms with van der Waals surface area (Å²) in [4.78, 5) is 0. The summed E-state index contributed by atoms with van der Waals surface area (Å²) in [7, 11) is -1.75. The van der Waals surface area contributed by atoms with Crippen molar-refractivity contribution in [3.05, 3.63) is 12.2 Å². The van der Waals surface area contributed by atoms with Gasteiger partial charge in [0.05, 0.1) is 25.4 Å². The van der Waals surface area contributed by atoms with Gasteiger partial charge in [-0.25, -0.2) is 0 Å². The fraction of sp³-hybridized carbons (Fsp3) is 0.882. The highest BCUT2D eigenvalue weighted by molar-refractivity contribution is 6.69. The van der Waals surface area contributed by atoms with E-state index in [1.807, 2.05) is 12.2 Å². The Morgan fingerprint density at radius 3 is 2.48 bits per heavy atom. The summed E-state index contributed by atoms with van der Waals surface area (Å²) in [6, 6.07) is 0. The van der Waals surface area contributed by atoms with Crippen molar-refractivity contribution in [2.75, 3.05) is 13.2 Å². The van der Waals surface area contributed by atoms with Crippen LogP contribution in [0.2, 0.25) is 19.6 Å². The van der Waals surface area contributed by atoms with Crippen molar-refractivity contribution in [2.45, 2.75) is 56.3 Å². The zero-order valence-electron chi connectivity index (χ0n) is 14.0. The summed E-state index contributed by atoms with van der Waals surface area (Å²) in [6.07, 6.45) is 5.19. The number of aliphatic hydroxyl groups excluding tert-OH is 1. The van der Waals surface area contributed by atoms with E-state index in [0.29, 0.717) is 19.1 Å². The molecule has 0 radical (unpaired) electrons. The van der Waals surface area contributed by atoms with Gasteiger partial charge in [-0.05, 0) is 19.6 Å². The molecule has 7 atom stereocenters. The molecule has 2 aliphatic heterocycles. The highest BCUT2D eigenvalue weighted by atomic mass is 28.4. The minimum Gasteiger partial charge on any atom is -0.391 e. The van der Waals surface area contributed by atoms with Crippen LogP contribution >= 0.6 is 0 Å². The lowest BCUT2D eigenvalue weighted by Gasteiger charge is -2.60. The van der Waals surface area contributed by atoms with Gasteiger partial charge in [0.25, 0.3) is 0 Å². The lowest BCUT2D eigenvalue weighted by atomic mass is 9.51. The van der Waals surface area contributed by atoms with Crippen LogP contribution in [-0.4, -0.2) is 50.4 Å². The summed E-state index contributed by atoms with van der Waals surface area (Å²) in [6.45, 7) is 7.96. The molecule has 5 nitrogen and oxygen atoms in total. The van der Waals surface area contributed by atoms with Crippen molar-refractivity contribution in [3.8, 4) is 0 Å². The third-order valence-electron chi connectivity index (χ3n) is 6.37. The van der Waals surface area contributed by atoms with Crippen LogP contribution in [-0.2, 0) is 18.6 Å². The Hall–Kier alpha value is -0.243. The molecule has 6 heteroatoms. The third-order valence-corrected chi connectivity index (χ3v) is 7.33. The van der Waals surface area contributed by atoms with Gasteiger partial charge in [-0.15, -0.1) is 0 Å². The van der Waals surface area contributed by atoms with Crippen LogP contribution < -0.4 is 0 Å². The molecule has 0 aromatic rings. The van der Waals surface area contributed by atoms with Crippen LogP contribution in [0.1, 0.15) is 12.8 Å². The van der Waals surface area contributed by atoms with Gasteiger partial charge in [-0.3, -0.25) is 0 Å². The Bertz CT molecular complexity index is 552. The molecule has 0 aromatic carbocycles. The standard InChI is InChI=1S/C17H26O5Si/c1-23(2,3)22-17-9-10-14-12(18)4-5-13(21-17)15(14)11(17)8-16(10)19-6-7-20-16/h4-5,10-15,18H,6-9H2,1-3H3/t10-,11-,12-,13+,14-,15+,17+/m0/s1. The molecule has 0 unspecified atom stereocenters. The van der Waals surface area contributed by atoms with Gasteiger partial charge in [-0.1, -0.05) is 12.2 Å². The number of hydrogen-bond donors (Lipinski definition) is 1. The summed E-state index contributed by atoms with van der Waals surface area (Å²) >= 11 is 0. The largest absolute Gasteiger partial charge is 0.391 e. The Morgan fingerprint density at radius 1 is 1.04 bits per heavy atom. The van der Waals surface area contributed by atoms with Gasteiger partial charge in [0, 0.05) is 36.5 Å². The highest BCUT2D eigenvalue weighted by Gasteiger charge is 2.75. The van der Waals surface area contributed by atoms with Crippen molar-refractivity contribution in [3.63, 3.8) is 0 Å². The van der Waals surface area contributed by atoms with E-state index >= 15 is 0 Å². The van der Waals surface area contributed by atoms with Crippen LogP contribution in [0.15, 0.2) is 12.2 Å². The number of hydrogen-bond acceptors (Lipinski definition) is 5. The molecule has 2 saturated heterocycles. The van der Waals surface area contributed by atoms with E-state index in [1.165, 1.54) is 0 Å². The van der Waals surface area contributed by atoms with Crippen molar-refractivity contribution < 1.29 is 23.7 Å². The van der Waals surface area contributed by atoms with Gasteiger partial charge < -0.3 is 23.7 Å². The molecule has 3 saturated carbocycles. The van der Waals surface area contributed by atoms with Crippen LogP contribution in [0.4, 0.5) is 0 Å². The zero-order chi connectivity index (χ0) is 16.0. The molecule has 6 rings (SSSR count). The maximum absolute atomic E-state index is 10.6. The first-order valence-corrected chi connectivity index (χ1v) is 12.3. The van der Waals surface area contributed by atoms with Crippen molar-refractivity contribution in [1.29, 1.82) is 0 Å². The maximum atomic E-state index is 10.6. The molecule has 5 fully saturated rings. The first-order valence-electron chi connectivity index (χ1n) is 8.86. The van der Waals surface area contributed by atoms with E-state index in [4.69, 9.17) is 18.6 Å². The first-order chi connectivity index (χ1) is 10.8. The summed E-state index contributed by atoms with van der Waals surface area (Å²) in [5.74, 6) is -0.169. The number of rotatable bonds is 2. The minimum absolute atomic E-state index is 0.0634. The second-order valence-electron chi connectivity index (χ2n) is 8.77. The maximum Gasteiger partial charge on any atom is 0.187 e. The summed E-state index contributed by atoms with van der Waals surface area (Å²) in [5.41, 5.74) is 0. The van der Waals surface area contributed by atoms with Crippen LogP contribution in [0.25, 0.3) is 0 Å². The van der Waals surface area contributed by atoms with Crippen LogP contribution in [0, 0.1) is 23.7 Å². The molecule has 23 heavy (non-hydrogen) atoms. The number of aliphatic hydroxyl groups is 1. The Labute approximate surface area is 138 Å². The van der Waals surface area contributed by atoms with Crippen molar-refractivity contribution in [1.82, 2.24) is 0 Å². The summed E-state index contributed by atoms with van der Waals surface area (Å²) < 4.78 is 25.3. The molecule has 1 spiro atoms. The first kappa shape index (κ1) is 15.0. The molecular weight excluding hydrogens is 312 g/mol. The van der Waals surface area contributed by atoms with Gasteiger partial charge in [0.1, 0.15) is 0 Å². The van der Waals surface area contributed by atoms with E-state index in [-0.39, 0.29) is 23.9 Å². The Balaban J connectivity index is 1.59. The van der Waals surface area contributed by atoms with E-state index in [9.17, 15) is 5.11 Å². The van der Waals surface area contributed by atoms with E-state index in [1.54, 1.807) is 0 Å². The lowest BCUT2D eigenvalue weighted by molar-refractivity contribution is -0.325. The number of ether oxygens (including phenoxy) is 3. The predicted molar refractivity (Wildman–Crippen MR) is 85.0 cm³/mol. The molecule has 6 aliphatic rings. The Kier molecular flexibility index (Phi) is 2.93. The Morgan fingerprint density at radius 2 is 1.78 bits per heavy atom. The molecule has 1 N–H and O–H groups in total. The highest BCUT2D eigenvalue weighted by Crippen LogP contribution is 2.68. The van der Waals surface area contributed by atoms with Gasteiger partial charge in [-0.2, -0.15) is 0 Å². The normalized spacial score (nSPS) is 52.5. The smallest absolute Gasteiger partial charge is 0.187 e. The minimum atomic E-state index is -1.75. The molecule has 4 aliphatic carbocycles. The fourth-order valence-corrected chi connectivity index (χ4v) is 7.28. The average molecular weight is 338 g/mol. The quantitative estimate of drug-likeness (QED) is 0.615. The van der Waals surface area contributed by atoms with E-state index in [2.05, 4.69) is 19.6 Å². The van der Waals surface area contributed by atoms with Crippen LogP contribution in [0.3, 0.4) is 0 Å². The molecular formula is C17H26O5Si. The second-order valence-corrected chi connectivity index (χ2v) is 13.2. The second kappa shape index (κ2) is 4.48. The third kappa shape index (κ3) is 1.91. The summed E-state index contributed by atoms with van der Waals surface area (Å²) in [5, 5.41) is 10.6. The average Bonchev–Trinajstić information content (AvgIpc) is 2.99. The van der Waals surface area contributed by atoms with Crippen molar-refractivity contribution in [2.24, 2.45) is 23.7 Å². The van der Waals surface area contributed by atoms with Crippen molar-refractivity contribution >= 4 is 8.32 Å². The van der Waals surface area contributed by atoms with E-state index < -0.39 is 26.0 Å². The SMILES string of the molecule is C[Si](C)(C)O[C@@]12C[C@H]3[C@@H]4[C@@H]([C@@H](C=C[C@@H]4O)O1)[C@@H]2CC31OCCO1. The monoisotopic (exact) mass is 338 g/mol. The topological polar surface area (TPSA) is 57.2 Å². The van der Waals surface area contributed by atoms with Crippen LogP contribution in [0.5, 0.6) is 0 Å². The fourth-order valence-electron chi connectivity index (χ4n) is 5.96. The molecule has 2 heterocycles.